The summed E-state index contributed by atoms with van der Waals surface area (Å²) in [5.41, 5.74) is 2.34. The number of amides is 1. The molecule has 40 heavy (non-hydrogen) atoms. The zero-order valence-corrected chi connectivity index (χ0v) is 26.9. The normalized spacial score (nSPS) is 35.9. The van der Waals surface area contributed by atoms with Crippen molar-refractivity contribution in [3.63, 3.8) is 0 Å². The molecule has 1 amide bonds. The Hall–Kier alpha value is -1.36. The minimum Gasteiger partial charge on any atom is -0.462 e. The van der Waals surface area contributed by atoms with Gasteiger partial charge in [0.1, 0.15) is 6.10 Å². The van der Waals surface area contributed by atoms with E-state index in [0.29, 0.717) is 12.0 Å². The molecule has 1 N–H and O–H groups in total. The van der Waals surface area contributed by atoms with E-state index in [1.165, 1.54) is 51.4 Å². The Morgan fingerprint density at radius 2 is 1.80 bits per heavy atom. The number of carbonyl (C=O) groups excluding carboxylic acids is 2. The zero-order chi connectivity index (χ0) is 29.1. The maximum absolute atomic E-state index is 12.6. The number of ether oxygens (including phenoxy) is 1. The monoisotopic (exact) mass is 556 g/mol. The maximum Gasteiger partial charge on any atom is 0.306 e. The number of fused-ring (bicyclic) bond motifs is 5. The van der Waals surface area contributed by atoms with E-state index in [1.54, 1.807) is 5.57 Å². The van der Waals surface area contributed by atoms with Crippen LogP contribution in [0.1, 0.15) is 118 Å². The average Bonchev–Trinajstić information content (AvgIpc) is 3.24. The molecule has 0 aromatic carbocycles. The van der Waals surface area contributed by atoms with Crippen LogP contribution in [-0.2, 0) is 14.3 Å². The Balaban J connectivity index is 1.30. The first-order valence-corrected chi connectivity index (χ1v) is 16.7. The lowest BCUT2D eigenvalue weighted by atomic mass is 9.47. The van der Waals surface area contributed by atoms with Crippen molar-refractivity contribution in [3.8, 4) is 0 Å². The Bertz CT molecular complexity index is 912. The summed E-state index contributed by atoms with van der Waals surface area (Å²) < 4.78 is 5.92. The SMILES string of the molecule is CC(C)CCCC(C)[C@H]1CC[C@H]2C3CC=C4C[C@@H](OC(=O)CCC(=O)NCCN(C)C)CCC4(C)[C@H]3CCC12C. The summed E-state index contributed by atoms with van der Waals surface area (Å²) in [7, 11) is 3.96. The quantitative estimate of drug-likeness (QED) is 0.201. The molecule has 0 spiro atoms. The molecule has 4 aliphatic rings. The molecule has 4 rings (SSSR count). The van der Waals surface area contributed by atoms with Crippen LogP contribution in [0.4, 0.5) is 0 Å². The zero-order valence-electron chi connectivity index (χ0n) is 26.9. The molecule has 0 aromatic rings. The summed E-state index contributed by atoms with van der Waals surface area (Å²) in [4.78, 5) is 26.7. The summed E-state index contributed by atoms with van der Waals surface area (Å²) in [5.74, 6) is 4.75. The highest BCUT2D eigenvalue weighted by Crippen LogP contribution is 2.67. The Morgan fingerprint density at radius 1 is 1.02 bits per heavy atom. The lowest BCUT2D eigenvalue weighted by Gasteiger charge is -2.58. The number of hydrogen-bond acceptors (Lipinski definition) is 4. The topological polar surface area (TPSA) is 58.6 Å². The first kappa shape index (κ1) is 31.6. The number of nitrogens with one attached hydrogen (secondary N) is 1. The van der Waals surface area contributed by atoms with Crippen LogP contribution in [0.3, 0.4) is 0 Å². The average molecular weight is 557 g/mol. The third kappa shape index (κ3) is 6.98. The van der Waals surface area contributed by atoms with E-state index in [0.717, 1.165) is 61.3 Å². The van der Waals surface area contributed by atoms with Crippen molar-refractivity contribution in [2.24, 2.45) is 46.3 Å². The van der Waals surface area contributed by atoms with Crippen LogP contribution in [-0.4, -0.2) is 50.1 Å². The van der Waals surface area contributed by atoms with Crippen molar-refractivity contribution < 1.29 is 14.3 Å². The van der Waals surface area contributed by atoms with Crippen molar-refractivity contribution in [2.75, 3.05) is 27.2 Å². The van der Waals surface area contributed by atoms with E-state index in [9.17, 15) is 9.59 Å². The van der Waals surface area contributed by atoms with Crippen LogP contribution < -0.4 is 5.32 Å². The molecule has 228 valence electrons. The minimum absolute atomic E-state index is 0.0309. The fourth-order valence-corrected chi connectivity index (χ4v) is 9.72. The molecular formula is C35H60N2O3. The van der Waals surface area contributed by atoms with Crippen molar-refractivity contribution in [1.82, 2.24) is 10.2 Å². The van der Waals surface area contributed by atoms with E-state index < -0.39 is 0 Å². The molecule has 0 radical (unpaired) electrons. The van der Waals surface area contributed by atoms with E-state index in [4.69, 9.17) is 4.74 Å². The summed E-state index contributed by atoms with van der Waals surface area (Å²) in [6, 6.07) is 0. The predicted molar refractivity (Wildman–Crippen MR) is 164 cm³/mol. The molecule has 0 aromatic heterocycles. The Kier molecular flexibility index (Phi) is 10.5. The van der Waals surface area contributed by atoms with Gasteiger partial charge in [0.15, 0.2) is 0 Å². The fourth-order valence-electron chi connectivity index (χ4n) is 9.72. The van der Waals surface area contributed by atoms with Gasteiger partial charge in [-0.3, -0.25) is 9.59 Å². The van der Waals surface area contributed by atoms with Crippen molar-refractivity contribution in [3.05, 3.63) is 11.6 Å². The molecule has 3 saturated carbocycles. The van der Waals surface area contributed by atoms with Gasteiger partial charge in [-0.15, -0.1) is 0 Å². The van der Waals surface area contributed by atoms with Gasteiger partial charge in [0.05, 0.1) is 6.42 Å². The first-order chi connectivity index (χ1) is 18.9. The van der Waals surface area contributed by atoms with Gasteiger partial charge in [-0.05, 0) is 105 Å². The third-order valence-corrected chi connectivity index (χ3v) is 12.0. The van der Waals surface area contributed by atoms with Crippen LogP contribution in [0, 0.1) is 46.3 Å². The van der Waals surface area contributed by atoms with Gasteiger partial charge in [0.25, 0.3) is 0 Å². The molecule has 0 saturated heterocycles. The molecule has 0 heterocycles. The molecule has 4 unspecified atom stereocenters. The molecule has 0 bridgehead atoms. The van der Waals surface area contributed by atoms with E-state index >= 15 is 0 Å². The lowest BCUT2D eigenvalue weighted by molar-refractivity contribution is -0.152. The summed E-state index contributed by atoms with van der Waals surface area (Å²) in [5, 5.41) is 2.88. The lowest BCUT2D eigenvalue weighted by Crippen LogP contribution is -2.51. The second kappa shape index (κ2) is 13.3. The number of allylic oxidation sites excluding steroid dienone is 1. The number of esters is 1. The van der Waals surface area contributed by atoms with Crippen LogP contribution in [0.5, 0.6) is 0 Å². The van der Waals surface area contributed by atoms with Crippen molar-refractivity contribution in [2.45, 2.75) is 124 Å². The van der Waals surface area contributed by atoms with Crippen LogP contribution in [0.25, 0.3) is 0 Å². The van der Waals surface area contributed by atoms with E-state index in [-0.39, 0.29) is 36.2 Å². The highest BCUT2D eigenvalue weighted by Gasteiger charge is 2.59. The number of carbonyl (C=O) groups is 2. The summed E-state index contributed by atoms with van der Waals surface area (Å²) in [6.45, 7) is 13.9. The second-order valence-electron chi connectivity index (χ2n) is 15.3. The second-order valence-corrected chi connectivity index (χ2v) is 15.3. The van der Waals surface area contributed by atoms with Gasteiger partial charge in [0, 0.05) is 25.9 Å². The van der Waals surface area contributed by atoms with Gasteiger partial charge in [-0.2, -0.15) is 0 Å². The molecule has 4 aliphatic carbocycles. The molecule has 5 heteroatoms. The summed E-state index contributed by atoms with van der Waals surface area (Å²) >= 11 is 0. The number of nitrogens with zero attached hydrogens (tertiary/aromatic N) is 1. The van der Waals surface area contributed by atoms with Gasteiger partial charge in [-0.1, -0.05) is 65.5 Å². The highest BCUT2D eigenvalue weighted by atomic mass is 16.5. The van der Waals surface area contributed by atoms with Crippen LogP contribution >= 0.6 is 0 Å². The number of likely N-dealkylation sites (N-methyl/N-ethyl adjacent to an activating group) is 1. The van der Waals surface area contributed by atoms with Crippen LogP contribution in [0.2, 0.25) is 0 Å². The van der Waals surface area contributed by atoms with E-state index in [2.05, 4.69) is 46.0 Å². The van der Waals surface area contributed by atoms with E-state index in [1.807, 2.05) is 19.0 Å². The third-order valence-electron chi connectivity index (χ3n) is 12.0. The Morgan fingerprint density at radius 3 is 2.52 bits per heavy atom. The largest absolute Gasteiger partial charge is 0.462 e. The van der Waals surface area contributed by atoms with Gasteiger partial charge in [-0.25, -0.2) is 0 Å². The number of hydrogen-bond donors (Lipinski definition) is 1. The minimum atomic E-state index is -0.224. The van der Waals surface area contributed by atoms with Crippen LogP contribution in [0.15, 0.2) is 11.6 Å². The van der Waals surface area contributed by atoms with Gasteiger partial charge < -0.3 is 15.0 Å². The summed E-state index contributed by atoms with van der Waals surface area (Å²) in [6.07, 6.45) is 16.9. The van der Waals surface area contributed by atoms with Crippen molar-refractivity contribution >= 4 is 11.9 Å². The smallest absolute Gasteiger partial charge is 0.306 e. The Labute approximate surface area is 245 Å². The fraction of sp³-hybridized carbons (Fsp3) is 0.886. The first-order valence-electron chi connectivity index (χ1n) is 16.7. The molecule has 3 fully saturated rings. The standard InChI is InChI=1S/C35H60N2O3/c1-24(2)9-8-10-25(3)29-13-14-30-28-12-11-26-23-27(17-19-34(26,4)31(28)18-20-35(29,30)5)40-33(39)16-15-32(38)36-21-22-37(6)7/h11,24-25,27-31H,8-10,12-23H2,1-7H3,(H,36,38)/t25?,27-,28?,29+,30-,31-,34?,35?/m0/s1. The number of rotatable bonds is 12. The van der Waals surface area contributed by atoms with Crippen molar-refractivity contribution in [1.29, 1.82) is 0 Å². The predicted octanol–water partition coefficient (Wildman–Crippen LogP) is 7.40. The molecule has 5 nitrogen and oxygen atoms in total. The maximum atomic E-state index is 12.6. The molecular weight excluding hydrogens is 496 g/mol. The van der Waals surface area contributed by atoms with Gasteiger partial charge in [0.2, 0.25) is 5.91 Å². The highest BCUT2D eigenvalue weighted by molar-refractivity contribution is 5.81. The molecule has 0 aliphatic heterocycles. The molecule has 8 atom stereocenters. The van der Waals surface area contributed by atoms with Gasteiger partial charge >= 0.3 is 5.97 Å².